The number of hydrogen-bond donors (Lipinski definition) is 3. The molecule has 1 rings (SSSR count). The number of carbonyl (C=O) groups excluding carboxylic acids is 1. The lowest BCUT2D eigenvalue weighted by Crippen LogP contribution is -2.52. The van der Waals surface area contributed by atoms with Gasteiger partial charge in [0.25, 0.3) is 0 Å². The zero-order chi connectivity index (χ0) is 13.8. The molecule has 5 nitrogen and oxygen atoms in total. The second-order valence-electron chi connectivity index (χ2n) is 3.57. The van der Waals surface area contributed by atoms with E-state index in [1.165, 1.54) is 6.20 Å². The van der Waals surface area contributed by atoms with E-state index in [1.807, 2.05) is 0 Å². The van der Waals surface area contributed by atoms with Crippen LogP contribution in [0.2, 0.25) is 5.15 Å². The van der Waals surface area contributed by atoms with Crippen molar-refractivity contribution in [3.63, 3.8) is 0 Å². The van der Waals surface area contributed by atoms with E-state index < -0.39 is 24.7 Å². The molecule has 8 heteroatoms. The van der Waals surface area contributed by atoms with Crippen LogP contribution in [-0.2, 0) is 10.3 Å². The van der Waals surface area contributed by atoms with Crippen LogP contribution in [-0.4, -0.2) is 40.2 Å². The summed E-state index contributed by atoms with van der Waals surface area (Å²) >= 11 is 14.5. The molecule has 0 atom stereocenters. The van der Waals surface area contributed by atoms with E-state index in [1.54, 1.807) is 6.07 Å². The SMILES string of the molecule is O=C(CCl)NC(CO)(CO)c1cc(Br)cnc1Cl. The van der Waals surface area contributed by atoms with Crippen molar-refractivity contribution in [2.24, 2.45) is 0 Å². The predicted molar refractivity (Wildman–Crippen MR) is 71.7 cm³/mol. The maximum atomic E-state index is 11.4. The fraction of sp³-hybridized carbons (Fsp3) is 0.400. The summed E-state index contributed by atoms with van der Waals surface area (Å²) < 4.78 is 0.605. The van der Waals surface area contributed by atoms with Crippen LogP contribution in [0.25, 0.3) is 0 Å². The van der Waals surface area contributed by atoms with E-state index in [-0.39, 0.29) is 11.0 Å². The topological polar surface area (TPSA) is 82.5 Å². The lowest BCUT2D eigenvalue weighted by molar-refractivity contribution is -0.122. The minimum absolute atomic E-state index is 0.0798. The molecule has 100 valence electrons. The number of rotatable bonds is 5. The first-order chi connectivity index (χ1) is 8.49. The van der Waals surface area contributed by atoms with Gasteiger partial charge in [0.05, 0.1) is 13.2 Å². The van der Waals surface area contributed by atoms with Crippen LogP contribution in [0.1, 0.15) is 5.56 Å². The lowest BCUT2D eigenvalue weighted by atomic mass is 9.93. The van der Waals surface area contributed by atoms with Gasteiger partial charge in [-0.05, 0) is 22.0 Å². The van der Waals surface area contributed by atoms with Gasteiger partial charge in [0.2, 0.25) is 5.91 Å². The number of alkyl halides is 1. The summed E-state index contributed by atoms with van der Waals surface area (Å²) in [5.41, 5.74) is -1.11. The van der Waals surface area contributed by atoms with Crippen molar-refractivity contribution in [3.8, 4) is 0 Å². The van der Waals surface area contributed by atoms with Crippen molar-refractivity contribution < 1.29 is 15.0 Å². The molecule has 0 saturated heterocycles. The molecular weight excluding hydrogens is 347 g/mol. The largest absolute Gasteiger partial charge is 0.393 e. The number of carbonyl (C=O) groups is 1. The first-order valence-corrected chi connectivity index (χ1v) is 6.60. The molecular formula is C10H11BrCl2N2O3. The number of nitrogens with zero attached hydrogens (tertiary/aromatic N) is 1. The van der Waals surface area contributed by atoms with E-state index in [0.29, 0.717) is 10.0 Å². The molecule has 18 heavy (non-hydrogen) atoms. The summed E-state index contributed by atoms with van der Waals surface area (Å²) in [4.78, 5) is 15.3. The first kappa shape index (κ1) is 15.7. The smallest absolute Gasteiger partial charge is 0.235 e. The minimum atomic E-state index is -1.42. The number of aliphatic hydroxyl groups excluding tert-OH is 2. The maximum absolute atomic E-state index is 11.4. The van der Waals surface area contributed by atoms with E-state index in [9.17, 15) is 15.0 Å². The van der Waals surface area contributed by atoms with Gasteiger partial charge in [-0.2, -0.15) is 0 Å². The van der Waals surface area contributed by atoms with Crippen molar-refractivity contribution in [1.29, 1.82) is 0 Å². The Morgan fingerprint density at radius 3 is 2.61 bits per heavy atom. The number of aromatic nitrogens is 1. The summed E-state index contributed by atoms with van der Waals surface area (Å²) in [5, 5.41) is 21.5. The summed E-state index contributed by atoms with van der Waals surface area (Å²) in [6.45, 7) is -1.08. The fourth-order valence-corrected chi connectivity index (χ4v) is 2.11. The quantitative estimate of drug-likeness (QED) is 0.543. The van der Waals surface area contributed by atoms with Crippen molar-refractivity contribution >= 4 is 45.0 Å². The Hall–Kier alpha value is -0.400. The molecule has 1 aromatic rings. The van der Waals surface area contributed by atoms with Crippen LogP contribution >= 0.6 is 39.1 Å². The molecule has 0 bridgehead atoms. The molecule has 0 radical (unpaired) electrons. The van der Waals surface area contributed by atoms with Crippen LogP contribution in [0.4, 0.5) is 0 Å². The third-order valence-electron chi connectivity index (χ3n) is 2.36. The highest BCUT2D eigenvalue weighted by Gasteiger charge is 2.35. The molecule has 0 fully saturated rings. The van der Waals surface area contributed by atoms with Gasteiger partial charge in [0.1, 0.15) is 16.6 Å². The van der Waals surface area contributed by atoms with Crippen molar-refractivity contribution in [2.45, 2.75) is 5.54 Å². The molecule has 0 saturated carbocycles. The molecule has 1 aromatic heterocycles. The Labute approximate surface area is 122 Å². The number of nitrogens with one attached hydrogen (secondary N) is 1. The Morgan fingerprint density at radius 1 is 1.50 bits per heavy atom. The molecule has 0 unspecified atom stereocenters. The highest BCUT2D eigenvalue weighted by molar-refractivity contribution is 9.10. The standard InChI is InChI=1S/C10H11BrCl2N2O3/c11-6-1-7(9(13)14-3-6)10(4-16,5-17)15-8(18)2-12/h1,3,16-17H,2,4-5H2,(H,15,18). The normalized spacial score (nSPS) is 11.4. The van der Waals surface area contributed by atoms with Gasteiger partial charge >= 0.3 is 0 Å². The molecule has 0 aliphatic carbocycles. The van der Waals surface area contributed by atoms with Crippen LogP contribution in [0.5, 0.6) is 0 Å². The van der Waals surface area contributed by atoms with Gasteiger partial charge in [-0.1, -0.05) is 11.6 Å². The van der Waals surface area contributed by atoms with Gasteiger partial charge in [-0.25, -0.2) is 4.98 Å². The maximum Gasteiger partial charge on any atom is 0.235 e. The first-order valence-electron chi connectivity index (χ1n) is 4.89. The second-order valence-corrected chi connectivity index (χ2v) is 5.11. The molecule has 0 aliphatic heterocycles. The molecule has 3 N–H and O–H groups in total. The highest BCUT2D eigenvalue weighted by atomic mass is 79.9. The minimum Gasteiger partial charge on any atom is -0.393 e. The zero-order valence-corrected chi connectivity index (χ0v) is 12.3. The average Bonchev–Trinajstić information content (AvgIpc) is 2.39. The second kappa shape index (κ2) is 6.68. The summed E-state index contributed by atoms with van der Waals surface area (Å²) in [7, 11) is 0. The Bertz CT molecular complexity index is 441. The predicted octanol–water partition coefficient (Wildman–Crippen LogP) is 1.03. The number of aliphatic hydroxyl groups is 2. The molecule has 1 heterocycles. The van der Waals surface area contributed by atoms with Crippen molar-refractivity contribution in [2.75, 3.05) is 19.1 Å². The number of amides is 1. The van der Waals surface area contributed by atoms with Gasteiger partial charge in [0.15, 0.2) is 0 Å². The Balaban J connectivity index is 3.25. The van der Waals surface area contributed by atoms with E-state index in [0.717, 1.165) is 0 Å². The van der Waals surface area contributed by atoms with Gasteiger partial charge < -0.3 is 15.5 Å². The van der Waals surface area contributed by atoms with E-state index in [2.05, 4.69) is 26.2 Å². The number of hydrogen-bond acceptors (Lipinski definition) is 4. The van der Waals surface area contributed by atoms with Gasteiger partial charge in [-0.15, -0.1) is 11.6 Å². The molecule has 0 aromatic carbocycles. The van der Waals surface area contributed by atoms with E-state index in [4.69, 9.17) is 23.2 Å². The fourth-order valence-electron chi connectivity index (χ4n) is 1.43. The van der Waals surface area contributed by atoms with Crippen molar-refractivity contribution in [3.05, 3.63) is 27.5 Å². The lowest BCUT2D eigenvalue weighted by Gasteiger charge is -2.31. The third kappa shape index (κ3) is 3.33. The van der Waals surface area contributed by atoms with Crippen LogP contribution in [0.15, 0.2) is 16.7 Å². The number of halogens is 3. The summed E-state index contributed by atoms with van der Waals surface area (Å²) in [5.74, 6) is -0.823. The average molecular weight is 358 g/mol. The number of pyridine rings is 1. The monoisotopic (exact) mass is 356 g/mol. The Morgan fingerprint density at radius 2 is 2.11 bits per heavy atom. The van der Waals surface area contributed by atoms with E-state index >= 15 is 0 Å². The van der Waals surface area contributed by atoms with Gasteiger partial charge in [0, 0.05) is 16.2 Å². The molecule has 0 spiro atoms. The Kier molecular flexibility index (Phi) is 5.81. The molecule has 1 amide bonds. The molecule has 0 aliphatic rings. The summed E-state index contributed by atoms with van der Waals surface area (Å²) in [6, 6.07) is 1.57. The van der Waals surface area contributed by atoms with Gasteiger partial charge in [-0.3, -0.25) is 4.79 Å². The van der Waals surface area contributed by atoms with Crippen LogP contribution < -0.4 is 5.32 Å². The highest BCUT2D eigenvalue weighted by Crippen LogP contribution is 2.29. The van der Waals surface area contributed by atoms with Crippen LogP contribution in [0.3, 0.4) is 0 Å². The third-order valence-corrected chi connectivity index (χ3v) is 3.34. The zero-order valence-electron chi connectivity index (χ0n) is 9.16. The van der Waals surface area contributed by atoms with Crippen LogP contribution in [0, 0.1) is 0 Å². The van der Waals surface area contributed by atoms with Crippen molar-refractivity contribution in [1.82, 2.24) is 10.3 Å². The summed E-state index contributed by atoms with van der Waals surface area (Å²) in [6.07, 6.45) is 1.47.